The standard InChI is InChI=1S/C33H33.C13H19.C6H5.C2H5.CH2.2ClH.Zr/c1-32(2,3)30-20-26-24(18-28(30)22-13-9-7-10-14-22)17-25-19-29(23-15-11-8-12-16-23)31(21-27(25)26)33(4,5)6;1-11-6-7-12(10-11)13(2)8-4-3-5-9-13;1-2-4-6-5-3-1;1-2;;;;/h7-16,18,20-21H,17H2,1-6H3;7,10-11H,3-5,8-9H2,1-2H3;1-5H;1H2,2H3;1H2;2*1H;. The fraction of sp³-hybridized carbons (Fsp3) is 0.364. The Balaban J connectivity index is 0.00000283. The van der Waals surface area contributed by atoms with E-state index in [9.17, 15) is 0 Å². The van der Waals surface area contributed by atoms with Crippen LogP contribution in [0.2, 0.25) is 4.13 Å². The summed E-state index contributed by atoms with van der Waals surface area (Å²) in [5.41, 5.74) is 15.9. The van der Waals surface area contributed by atoms with Crippen LogP contribution < -0.4 is 6.54 Å². The third-order valence-electron chi connectivity index (χ3n) is 14.5. The SMILES string of the molecule is Cl.Cl.[CH2]=[Zr]([CH2]C)([C]1=CC(C2(C)CCCCC2)=CC1C)([c]1ccccc1)[c]1c2c(cc(C(C)(C)C)c1-c1ccccc1)-c1cc(C(C)(C)C)c(-c3ccccc3)cc1C2. The topological polar surface area (TPSA) is 0 Å². The minimum absolute atomic E-state index is 0. The van der Waals surface area contributed by atoms with Crippen LogP contribution in [0.25, 0.3) is 33.4 Å². The Bertz CT molecular complexity index is 2430. The predicted molar refractivity (Wildman–Crippen MR) is 257 cm³/mol. The normalized spacial score (nSPS) is 17.7. The van der Waals surface area contributed by atoms with Crippen LogP contribution in [0.15, 0.2) is 130 Å². The molecule has 0 N–H and O–H groups in total. The third-order valence-corrected chi connectivity index (χ3v) is 31.8. The summed E-state index contributed by atoms with van der Waals surface area (Å²) in [6.07, 6.45) is 13.0. The van der Waals surface area contributed by atoms with E-state index in [1.165, 1.54) is 91.0 Å². The number of fused-ring (bicyclic) bond motifs is 3. The monoisotopic (exact) mass is 886 g/mol. The van der Waals surface area contributed by atoms with Gasteiger partial charge in [-0.2, -0.15) is 0 Å². The van der Waals surface area contributed by atoms with Crippen molar-refractivity contribution in [1.29, 1.82) is 0 Å². The van der Waals surface area contributed by atoms with Crippen LogP contribution in [0.5, 0.6) is 0 Å². The van der Waals surface area contributed by atoms with Crippen molar-refractivity contribution in [2.24, 2.45) is 11.3 Å². The number of halogens is 2. The molecule has 0 heterocycles. The first-order chi connectivity index (χ1) is 26.6. The Morgan fingerprint density at radius 3 is 1.76 bits per heavy atom. The summed E-state index contributed by atoms with van der Waals surface area (Å²) >= 11 is -4.84. The fourth-order valence-electron chi connectivity index (χ4n) is 11.3. The maximum absolute atomic E-state index is 5.97. The van der Waals surface area contributed by atoms with Crippen molar-refractivity contribution < 1.29 is 18.3 Å². The van der Waals surface area contributed by atoms with Crippen molar-refractivity contribution in [1.82, 2.24) is 0 Å². The average molecular weight is 889 g/mol. The molecule has 3 heteroatoms. The van der Waals surface area contributed by atoms with E-state index in [1.54, 1.807) is 12.1 Å². The molecule has 8 rings (SSSR count). The Morgan fingerprint density at radius 2 is 1.21 bits per heavy atom. The number of hydrogen-bond acceptors (Lipinski definition) is 0. The van der Waals surface area contributed by atoms with Gasteiger partial charge in [-0.25, -0.2) is 0 Å². The van der Waals surface area contributed by atoms with Crippen LogP contribution in [-0.4, -0.2) is 4.21 Å². The summed E-state index contributed by atoms with van der Waals surface area (Å²) in [7, 11) is 0. The molecular formula is C55H66Cl2Zr. The summed E-state index contributed by atoms with van der Waals surface area (Å²) < 4.78 is 11.8. The van der Waals surface area contributed by atoms with Gasteiger partial charge in [0.25, 0.3) is 0 Å². The van der Waals surface area contributed by atoms with Gasteiger partial charge in [0.1, 0.15) is 0 Å². The molecular weight excluding hydrogens is 823 g/mol. The van der Waals surface area contributed by atoms with Gasteiger partial charge in [0.2, 0.25) is 0 Å². The van der Waals surface area contributed by atoms with Gasteiger partial charge in [0.05, 0.1) is 0 Å². The van der Waals surface area contributed by atoms with Crippen molar-refractivity contribution in [3.05, 3.63) is 152 Å². The van der Waals surface area contributed by atoms with Gasteiger partial charge in [-0.05, 0) is 0 Å². The number of benzene rings is 5. The summed E-state index contributed by atoms with van der Waals surface area (Å²) in [4.78, 5) is 0. The van der Waals surface area contributed by atoms with E-state index < -0.39 is 18.3 Å². The molecule has 0 aliphatic heterocycles. The van der Waals surface area contributed by atoms with Crippen molar-refractivity contribution in [3.8, 4) is 33.4 Å². The number of rotatable bonds is 7. The third kappa shape index (κ3) is 7.18. The summed E-state index contributed by atoms with van der Waals surface area (Å²) in [5, 5.41) is 0. The summed E-state index contributed by atoms with van der Waals surface area (Å²) in [6.45, 7) is 22.0. The molecule has 1 unspecified atom stereocenters. The molecule has 3 aliphatic carbocycles. The van der Waals surface area contributed by atoms with Crippen LogP contribution in [-0.2, 0) is 35.5 Å². The van der Waals surface area contributed by atoms with Crippen molar-refractivity contribution in [2.45, 2.75) is 116 Å². The zero-order valence-electron chi connectivity index (χ0n) is 36.6. The van der Waals surface area contributed by atoms with Crippen LogP contribution in [0.3, 0.4) is 0 Å². The Morgan fingerprint density at radius 1 is 0.672 bits per heavy atom. The van der Waals surface area contributed by atoms with Gasteiger partial charge in [-0.3, -0.25) is 0 Å². The Labute approximate surface area is 364 Å². The molecule has 5 aromatic carbocycles. The van der Waals surface area contributed by atoms with E-state index in [0.29, 0.717) is 5.92 Å². The molecule has 5 aromatic rings. The van der Waals surface area contributed by atoms with Crippen LogP contribution in [0, 0.1) is 11.3 Å². The molecule has 1 atom stereocenters. The van der Waals surface area contributed by atoms with Crippen LogP contribution in [0.1, 0.15) is 117 Å². The van der Waals surface area contributed by atoms with E-state index in [2.05, 4.69) is 184 Å². The van der Waals surface area contributed by atoms with Gasteiger partial charge in [0, 0.05) is 0 Å². The maximum atomic E-state index is 5.97. The van der Waals surface area contributed by atoms with Gasteiger partial charge >= 0.3 is 342 Å². The van der Waals surface area contributed by atoms with E-state index >= 15 is 0 Å². The van der Waals surface area contributed by atoms with Gasteiger partial charge in [0.15, 0.2) is 0 Å². The Kier molecular flexibility index (Phi) is 12.3. The first-order valence-electron chi connectivity index (χ1n) is 21.6. The minimum atomic E-state index is -4.84. The van der Waals surface area contributed by atoms with Crippen LogP contribution in [0.4, 0.5) is 0 Å². The molecule has 1 fully saturated rings. The second-order valence-electron chi connectivity index (χ2n) is 20.2. The summed E-state index contributed by atoms with van der Waals surface area (Å²) in [5.74, 6) is 0.338. The van der Waals surface area contributed by atoms with E-state index in [4.69, 9.17) is 4.21 Å². The molecule has 0 nitrogen and oxygen atoms in total. The molecule has 0 radical (unpaired) electrons. The van der Waals surface area contributed by atoms with E-state index in [1.807, 2.05) is 0 Å². The first kappa shape index (κ1) is 44.5. The van der Waals surface area contributed by atoms with E-state index in [0.717, 1.165) is 10.5 Å². The zero-order chi connectivity index (χ0) is 39.7. The van der Waals surface area contributed by atoms with Crippen molar-refractivity contribution >= 4 is 35.6 Å². The molecule has 3 aliphatic rings. The van der Waals surface area contributed by atoms with Gasteiger partial charge in [-0.15, -0.1) is 24.8 Å². The van der Waals surface area contributed by atoms with E-state index in [-0.39, 0.29) is 41.1 Å². The molecule has 304 valence electrons. The molecule has 0 aromatic heterocycles. The number of hydrogen-bond donors (Lipinski definition) is 0. The molecule has 0 bridgehead atoms. The second kappa shape index (κ2) is 16.1. The zero-order valence-corrected chi connectivity index (χ0v) is 40.7. The predicted octanol–water partition coefficient (Wildman–Crippen LogP) is 15.0. The van der Waals surface area contributed by atoms with Gasteiger partial charge < -0.3 is 0 Å². The van der Waals surface area contributed by atoms with Crippen LogP contribution >= 0.6 is 24.8 Å². The Hall–Kier alpha value is -3.09. The molecule has 0 spiro atoms. The van der Waals surface area contributed by atoms with Crippen molar-refractivity contribution in [2.75, 3.05) is 0 Å². The molecule has 0 amide bonds. The van der Waals surface area contributed by atoms with Crippen molar-refractivity contribution in [3.63, 3.8) is 0 Å². The summed E-state index contributed by atoms with van der Waals surface area (Å²) in [6, 6.07) is 42.1. The first-order valence-corrected chi connectivity index (χ1v) is 28.8. The second-order valence-corrected chi connectivity index (χ2v) is 34.3. The number of allylic oxidation sites excluding steroid dienone is 4. The average Bonchev–Trinajstić information content (AvgIpc) is 3.78. The molecule has 0 saturated heterocycles. The fourth-order valence-corrected chi connectivity index (χ4v) is 27.5. The molecule has 1 saturated carbocycles. The van der Waals surface area contributed by atoms with Gasteiger partial charge in [-0.1, -0.05) is 0 Å². The molecule has 58 heavy (non-hydrogen) atoms. The quantitative estimate of drug-likeness (QED) is 0.150.